The smallest absolute Gasteiger partial charge is 0.213 e. The molecule has 0 aliphatic heterocycles. The number of nitrogens with zero attached hydrogens (tertiary/aromatic N) is 1. The molecule has 1 aromatic heterocycles. The third-order valence-corrected chi connectivity index (χ3v) is 2.79. The maximum atomic E-state index is 6.12. The quantitative estimate of drug-likeness (QED) is 0.798. The maximum absolute atomic E-state index is 6.12. The molecule has 1 atom stereocenters. The number of aromatic nitrogens is 1. The summed E-state index contributed by atoms with van der Waals surface area (Å²) < 4.78 is 11.0. The van der Waals surface area contributed by atoms with Crippen LogP contribution in [0.25, 0.3) is 0 Å². The van der Waals surface area contributed by atoms with Gasteiger partial charge in [0.1, 0.15) is 6.10 Å². The van der Waals surface area contributed by atoms with Gasteiger partial charge in [0.15, 0.2) is 0 Å². The molecule has 19 heavy (non-hydrogen) atoms. The van der Waals surface area contributed by atoms with E-state index in [0.717, 1.165) is 5.69 Å². The molecule has 108 valence electrons. The summed E-state index contributed by atoms with van der Waals surface area (Å²) in [5.74, 6) is 0.581. The first-order valence-corrected chi connectivity index (χ1v) is 7.04. The molecule has 0 aliphatic rings. The van der Waals surface area contributed by atoms with Gasteiger partial charge in [-0.1, -0.05) is 25.4 Å². The standard InChI is InChI=1S/C14H23ClN2O2/c1-5-18-9-11(4)19-14-7-6-12(15)13(17-14)8-16-10(2)3/h6-7,10-11,16H,5,8-9H2,1-4H3. The van der Waals surface area contributed by atoms with Crippen molar-refractivity contribution in [2.24, 2.45) is 0 Å². The lowest BCUT2D eigenvalue weighted by atomic mass is 10.3. The second-order valence-electron chi connectivity index (χ2n) is 4.70. The molecule has 0 fully saturated rings. The van der Waals surface area contributed by atoms with E-state index in [9.17, 15) is 0 Å². The molecule has 0 saturated carbocycles. The Hall–Kier alpha value is -0.840. The molecule has 1 heterocycles. The van der Waals surface area contributed by atoms with Gasteiger partial charge in [-0.25, -0.2) is 4.98 Å². The van der Waals surface area contributed by atoms with Gasteiger partial charge < -0.3 is 14.8 Å². The second-order valence-corrected chi connectivity index (χ2v) is 5.11. The van der Waals surface area contributed by atoms with Gasteiger partial charge in [-0.05, 0) is 19.9 Å². The molecule has 0 saturated heterocycles. The van der Waals surface area contributed by atoms with Crippen LogP contribution in [0, 0.1) is 0 Å². The first-order chi connectivity index (χ1) is 9.02. The molecule has 1 rings (SSSR count). The summed E-state index contributed by atoms with van der Waals surface area (Å²) in [5, 5.41) is 3.94. The highest BCUT2D eigenvalue weighted by molar-refractivity contribution is 6.31. The Bertz CT molecular complexity index is 386. The molecule has 0 amide bonds. The summed E-state index contributed by atoms with van der Waals surface area (Å²) in [4.78, 5) is 4.42. The van der Waals surface area contributed by atoms with Gasteiger partial charge in [0.25, 0.3) is 0 Å². The minimum atomic E-state index is -0.0282. The van der Waals surface area contributed by atoms with Crippen LogP contribution < -0.4 is 10.1 Å². The third kappa shape index (κ3) is 6.23. The minimum Gasteiger partial charge on any atom is -0.472 e. The molecule has 1 aromatic rings. The number of nitrogens with one attached hydrogen (secondary N) is 1. The second kappa shape index (κ2) is 8.35. The Balaban J connectivity index is 2.62. The SMILES string of the molecule is CCOCC(C)Oc1ccc(Cl)c(CNC(C)C)n1. The van der Waals surface area contributed by atoms with Gasteiger partial charge in [0.2, 0.25) is 5.88 Å². The number of hydrogen-bond donors (Lipinski definition) is 1. The van der Waals surface area contributed by atoms with E-state index in [2.05, 4.69) is 24.1 Å². The molecular formula is C14H23ClN2O2. The zero-order valence-corrected chi connectivity index (χ0v) is 12.8. The molecular weight excluding hydrogens is 264 g/mol. The van der Waals surface area contributed by atoms with E-state index in [1.165, 1.54) is 0 Å². The first-order valence-electron chi connectivity index (χ1n) is 6.66. The van der Waals surface area contributed by atoms with Crippen LogP contribution in [-0.2, 0) is 11.3 Å². The van der Waals surface area contributed by atoms with Gasteiger partial charge in [0.05, 0.1) is 17.3 Å². The van der Waals surface area contributed by atoms with E-state index >= 15 is 0 Å². The van der Waals surface area contributed by atoms with Crippen molar-refractivity contribution < 1.29 is 9.47 Å². The average molecular weight is 287 g/mol. The summed E-state index contributed by atoms with van der Waals surface area (Å²) in [6.07, 6.45) is -0.0282. The largest absolute Gasteiger partial charge is 0.472 e. The fraction of sp³-hybridized carbons (Fsp3) is 0.643. The van der Waals surface area contributed by atoms with Gasteiger partial charge in [-0.3, -0.25) is 0 Å². The molecule has 1 unspecified atom stereocenters. The van der Waals surface area contributed by atoms with Crippen molar-refractivity contribution in [1.82, 2.24) is 10.3 Å². The van der Waals surface area contributed by atoms with E-state index in [1.54, 1.807) is 6.07 Å². The average Bonchev–Trinajstić information content (AvgIpc) is 2.37. The predicted octanol–water partition coefficient (Wildman–Crippen LogP) is 3.04. The Labute approximate surface area is 120 Å². The number of rotatable bonds is 8. The van der Waals surface area contributed by atoms with Crippen molar-refractivity contribution in [2.75, 3.05) is 13.2 Å². The Morgan fingerprint density at radius 1 is 1.32 bits per heavy atom. The Kier molecular flexibility index (Phi) is 7.13. The topological polar surface area (TPSA) is 43.4 Å². The molecule has 0 bridgehead atoms. The lowest BCUT2D eigenvalue weighted by Gasteiger charge is -2.15. The molecule has 0 aliphatic carbocycles. The minimum absolute atomic E-state index is 0.0282. The zero-order chi connectivity index (χ0) is 14.3. The van der Waals surface area contributed by atoms with Crippen LogP contribution in [0.5, 0.6) is 5.88 Å². The van der Waals surface area contributed by atoms with Crippen molar-refractivity contribution in [3.05, 3.63) is 22.8 Å². The van der Waals surface area contributed by atoms with E-state index < -0.39 is 0 Å². The lowest BCUT2D eigenvalue weighted by molar-refractivity contribution is 0.0632. The van der Waals surface area contributed by atoms with E-state index in [0.29, 0.717) is 36.7 Å². The van der Waals surface area contributed by atoms with Gasteiger partial charge in [-0.2, -0.15) is 0 Å². The van der Waals surface area contributed by atoms with Crippen LogP contribution >= 0.6 is 11.6 Å². The van der Waals surface area contributed by atoms with Crippen LogP contribution in [0.15, 0.2) is 12.1 Å². The lowest BCUT2D eigenvalue weighted by Crippen LogP contribution is -2.23. The predicted molar refractivity (Wildman–Crippen MR) is 77.8 cm³/mol. The van der Waals surface area contributed by atoms with Crippen LogP contribution in [0.4, 0.5) is 0 Å². The number of pyridine rings is 1. The van der Waals surface area contributed by atoms with Crippen LogP contribution in [0.1, 0.15) is 33.4 Å². The fourth-order valence-electron chi connectivity index (χ4n) is 1.48. The van der Waals surface area contributed by atoms with Crippen molar-refractivity contribution >= 4 is 11.6 Å². The van der Waals surface area contributed by atoms with E-state index in [4.69, 9.17) is 21.1 Å². The Morgan fingerprint density at radius 2 is 2.05 bits per heavy atom. The van der Waals surface area contributed by atoms with Gasteiger partial charge in [-0.15, -0.1) is 0 Å². The van der Waals surface area contributed by atoms with Crippen molar-refractivity contribution in [3.63, 3.8) is 0 Å². The highest BCUT2D eigenvalue weighted by Gasteiger charge is 2.09. The third-order valence-electron chi connectivity index (χ3n) is 2.45. The number of ether oxygens (including phenoxy) is 2. The van der Waals surface area contributed by atoms with Gasteiger partial charge in [0, 0.05) is 25.3 Å². The van der Waals surface area contributed by atoms with Crippen molar-refractivity contribution in [1.29, 1.82) is 0 Å². The summed E-state index contributed by atoms with van der Waals surface area (Å²) in [6.45, 7) is 9.96. The number of hydrogen-bond acceptors (Lipinski definition) is 4. The summed E-state index contributed by atoms with van der Waals surface area (Å²) in [5.41, 5.74) is 0.802. The van der Waals surface area contributed by atoms with Crippen LogP contribution in [-0.4, -0.2) is 30.3 Å². The van der Waals surface area contributed by atoms with E-state index in [1.807, 2.05) is 19.9 Å². The van der Waals surface area contributed by atoms with Gasteiger partial charge >= 0.3 is 0 Å². The molecule has 5 heteroatoms. The highest BCUT2D eigenvalue weighted by Crippen LogP contribution is 2.19. The van der Waals surface area contributed by atoms with E-state index in [-0.39, 0.29) is 6.10 Å². The Morgan fingerprint density at radius 3 is 2.68 bits per heavy atom. The monoisotopic (exact) mass is 286 g/mol. The molecule has 4 nitrogen and oxygen atoms in total. The van der Waals surface area contributed by atoms with Crippen LogP contribution in [0.3, 0.4) is 0 Å². The molecule has 0 radical (unpaired) electrons. The number of halogens is 1. The fourth-order valence-corrected chi connectivity index (χ4v) is 1.65. The molecule has 0 spiro atoms. The maximum Gasteiger partial charge on any atom is 0.213 e. The van der Waals surface area contributed by atoms with Crippen molar-refractivity contribution in [2.45, 2.75) is 46.4 Å². The first kappa shape index (κ1) is 16.2. The molecule has 0 aromatic carbocycles. The highest BCUT2D eigenvalue weighted by atomic mass is 35.5. The zero-order valence-electron chi connectivity index (χ0n) is 12.1. The van der Waals surface area contributed by atoms with Crippen LogP contribution in [0.2, 0.25) is 5.02 Å². The van der Waals surface area contributed by atoms with Crippen molar-refractivity contribution in [3.8, 4) is 5.88 Å². The normalized spacial score (nSPS) is 12.7. The molecule has 1 N–H and O–H groups in total. The summed E-state index contributed by atoms with van der Waals surface area (Å²) in [7, 11) is 0. The summed E-state index contributed by atoms with van der Waals surface area (Å²) in [6, 6.07) is 3.98. The summed E-state index contributed by atoms with van der Waals surface area (Å²) >= 11 is 6.12.